The van der Waals surface area contributed by atoms with Gasteiger partial charge in [0.15, 0.2) is 0 Å². The molecule has 130 valence electrons. The van der Waals surface area contributed by atoms with E-state index < -0.39 is 16.1 Å². The third-order valence-corrected chi connectivity index (χ3v) is 7.16. The summed E-state index contributed by atoms with van der Waals surface area (Å²) >= 11 is 1.52. The molecule has 2 aromatic rings. The molecule has 2 N–H and O–H groups in total. The van der Waals surface area contributed by atoms with Crippen LogP contribution in [-0.4, -0.2) is 20.1 Å². The predicted octanol–water partition coefficient (Wildman–Crippen LogP) is 3.20. The zero-order chi connectivity index (χ0) is 17.2. The summed E-state index contributed by atoms with van der Waals surface area (Å²) in [5.74, 6) is 0. The minimum Gasteiger partial charge on any atom is -0.388 e. The Kier molecular flexibility index (Phi) is 5.39. The molecular formula is C18H23NO3S2. The summed E-state index contributed by atoms with van der Waals surface area (Å²) in [4.78, 5) is 2.33. The molecule has 0 fully saturated rings. The Morgan fingerprint density at radius 1 is 1.17 bits per heavy atom. The van der Waals surface area contributed by atoms with Crippen molar-refractivity contribution in [3.8, 4) is 0 Å². The summed E-state index contributed by atoms with van der Waals surface area (Å²) < 4.78 is 27.6. The lowest BCUT2D eigenvalue weighted by atomic mass is 9.92. The first-order valence-electron chi connectivity index (χ1n) is 8.34. The molecule has 1 aromatic heterocycles. The molecule has 1 aliphatic rings. The van der Waals surface area contributed by atoms with E-state index >= 15 is 0 Å². The first kappa shape index (κ1) is 17.6. The van der Waals surface area contributed by atoms with Crippen LogP contribution in [0, 0.1) is 0 Å². The summed E-state index contributed by atoms with van der Waals surface area (Å²) in [6.45, 7) is 2.09. The Bertz CT molecular complexity index is 809. The molecule has 0 bridgehead atoms. The number of aliphatic hydroxyl groups excluding tert-OH is 1. The van der Waals surface area contributed by atoms with Crippen LogP contribution in [0.15, 0.2) is 35.2 Å². The number of benzene rings is 1. The van der Waals surface area contributed by atoms with E-state index in [0.29, 0.717) is 17.9 Å². The number of nitrogens with one attached hydrogen (secondary N) is 1. The molecule has 0 saturated heterocycles. The van der Waals surface area contributed by atoms with Crippen molar-refractivity contribution in [3.63, 3.8) is 0 Å². The van der Waals surface area contributed by atoms with Gasteiger partial charge in [-0.3, -0.25) is 0 Å². The van der Waals surface area contributed by atoms with Crippen LogP contribution < -0.4 is 4.72 Å². The van der Waals surface area contributed by atoms with Gasteiger partial charge in [-0.05, 0) is 74.4 Å². The monoisotopic (exact) mass is 365 g/mol. The zero-order valence-corrected chi connectivity index (χ0v) is 15.4. The van der Waals surface area contributed by atoms with Gasteiger partial charge in [-0.1, -0.05) is 6.07 Å². The third-order valence-electron chi connectivity index (χ3n) is 4.39. The van der Waals surface area contributed by atoms with Crippen molar-refractivity contribution in [3.05, 3.63) is 51.2 Å². The predicted molar refractivity (Wildman–Crippen MR) is 96.9 cm³/mol. The van der Waals surface area contributed by atoms with Gasteiger partial charge >= 0.3 is 0 Å². The van der Waals surface area contributed by atoms with Crippen LogP contribution in [0.2, 0.25) is 0 Å². The number of aryl methyl sites for hydroxylation is 2. The summed E-state index contributed by atoms with van der Waals surface area (Å²) in [6.07, 6.45) is 4.49. The number of hydrogen-bond acceptors (Lipinski definition) is 4. The Hall–Kier alpha value is -1.21. The van der Waals surface area contributed by atoms with Crippen molar-refractivity contribution in [2.45, 2.75) is 50.0 Å². The molecule has 1 aromatic carbocycles. The number of rotatable bonds is 6. The lowest BCUT2D eigenvalue weighted by molar-refractivity contribution is 0.203. The highest BCUT2D eigenvalue weighted by Crippen LogP contribution is 2.25. The van der Waals surface area contributed by atoms with Crippen molar-refractivity contribution in [2.75, 3.05) is 6.54 Å². The van der Waals surface area contributed by atoms with E-state index in [1.807, 2.05) is 24.3 Å². The van der Waals surface area contributed by atoms with Crippen molar-refractivity contribution >= 4 is 21.4 Å². The molecule has 3 rings (SSSR count). The Labute approximate surface area is 147 Å². The van der Waals surface area contributed by atoms with Crippen LogP contribution in [0.3, 0.4) is 0 Å². The van der Waals surface area contributed by atoms with Gasteiger partial charge in [0.1, 0.15) is 0 Å². The van der Waals surface area contributed by atoms with Crippen LogP contribution >= 0.6 is 11.3 Å². The molecule has 6 heteroatoms. The standard InChI is InChI=1S/C18H23NO3S2/c1-13(20)18-9-7-16(23-18)10-11-19-24(21,22)17-8-6-14-4-2-3-5-15(14)12-17/h6-9,12-13,19-20H,2-5,10-11H2,1H3. The van der Waals surface area contributed by atoms with Crippen LogP contribution in [-0.2, 0) is 29.3 Å². The van der Waals surface area contributed by atoms with Crippen LogP contribution in [0.4, 0.5) is 0 Å². The first-order chi connectivity index (χ1) is 11.5. The van der Waals surface area contributed by atoms with E-state index in [-0.39, 0.29) is 0 Å². The Balaban J connectivity index is 1.63. The fraction of sp³-hybridized carbons (Fsp3) is 0.444. The molecule has 1 unspecified atom stereocenters. The Morgan fingerprint density at radius 2 is 1.92 bits per heavy atom. The second-order valence-corrected chi connectivity index (χ2v) is 9.23. The number of fused-ring (bicyclic) bond motifs is 1. The number of hydrogen-bond donors (Lipinski definition) is 2. The smallest absolute Gasteiger partial charge is 0.240 e. The van der Waals surface area contributed by atoms with Crippen LogP contribution in [0.5, 0.6) is 0 Å². The quantitative estimate of drug-likeness (QED) is 0.826. The van der Waals surface area contributed by atoms with E-state index in [0.717, 1.165) is 29.0 Å². The lowest BCUT2D eigenvalue weighted by Gasteiger charge is -2.16. The van der Waals surface area contributed by atoms with Crippen molar-refractivity contribution < 1.29 is 13.5 Å². The first-order valence-corrected chi connectivity index (χ1v) is 10.6. The molecule has 1 heterocycles. The fourth-order valence-corrected chi connectivity index (χ4v) is 5.05. The number of thiophene rings is 1. The third kappa shape index (κ3) is 4.06. The van der Waals surface area contributed by atoms with Crippen molar-refractivity contribution in [1.29, 1.82) is 0 Å². The number of aliphatic hydroxyl groups is 1. The molecule has 0 spiro atoms. The average Bonchev–Trinajstić information content (AvgIpc) is 3.03. The van der Waals surface area contributed by atoms with Gasteiger partial charge in [0.25, 0.3) is 0 Å². The highest BCUT2D eigenvalue weighted by Gasteiger charge is 2.17. The summed E-state index contributed by atoms with van der Waals surface area (Å²) in [5.41, 5.74) is 2.45. The summed E-state index contributed by atoms with van der Waals surface area (Å²) in [6, 6.07) is 9.33. The molecule has 1 aliphatic carbocycles. The minimum absolute atomic E-state index is 0.360. The second-order valence-electron chi connectivity index (χ2n) is 6.27. The van der Waals surface area contributed by atoms with E-state index in [1.54, 1.807) is 13.0 Å². The molecule has 0 amide bonds. The van der Waals surface area contributed by atoms with Gasteiger partial charge in [0, 0.05) is 16.3 Å². The molecule has 4 nitrogen and oxygen atoms in total. The van der Waals surface area contributed by atoms with Crippen LogP contribution in [0.1, 0.15) is 46.8 Å². The van der Waals surface area contributed by atoms with Gasteiger partial charge in [-0.25, -0.2) is 13.1 Å². The SMILES string of the molecule is CC(O)c1ccc(CCNS(=O)(=O)c2ccc3c(c2)CCCC3)s1. The van der Waals surface area contributed by atoms with E-state index in [1.165, 1.54) is 28.9 Å². The van der Waals surface area contributed by atoms with Gasteiger partial charge in [-0.15, -0.1) is 11.3 Å². The van der Waals surface area contributed by atoms with E-state index in [9.17, 15) is 13.5 Å². The maximum Gasteiger partial charge on any atom is 0.240 e. The zero-order valence-electron chi connectivity index (χ0n) is 13.8. The minimum atomic E-state index is -3.47. The molecule has 1 atom stereocenters. The molecule has 0 aliphatic heterocycles. The molecular weight excluding hydrogens is 342 g/mol. The second kappa shape index (κ2) is 7.35. The van der Waals surface area contributed by atoms with Gasteiger partial charge < -0.3 is 5.11 Å². The maximum atomic E-state index is 12.5. The van der Waals surface area contributed by atoms with Crippen molar-refractivity contribution in [2.24, 2.45) is 0 Å². The van der Waals surface area contributed by atoms with Crippen LogP contribution in [0.25, 0.3) is 0 Å². The average molecular weight is 366 g/mol. The van der Waals surface area contributed by atoms with Crippen molar-refractivity contribution in [1.82, 2.24) is 4.72 Å². The highest BCUT2D eigenvalue weighted by atomic mass is 32.2. The molecule has 24 heavy (non-hydrogen) atoms. The van der Waals surface area contributed by atoms with E-state index in [2.05, 4.69) is 4.72 Å². The van der Waals surface area contributed by atoms with Gasteiger partial charge in [0.05, 0.1) is 11.0 Å². The van der Waals surface area contributed by atoms with Gasteiger partial charge in [0.2, 0.25) is 10.0 Å². The Morgan fingerprint density at radius 3 is 2.62 bits per heavy atom. The van der Waals surface area contributed by atoms with E-state index in [4.69, 9.17) is 0 Å². The number of sulfonamides is 1. The normalized spacial score (nSPS) is 15.9. The molecule has 0 saturated carbocycles. The lowest BCUT2D eigenvalue weighted by Crippen LogP contribution is -2.26. The fourth-order valence-electron chi connectivity index (χ4n) is 3.02. The van der Waals surface area contributed by atoms with Gasteiger partial charge in [-0.2, -0.15) is 0 Å². The topological polar surface area (TPSA) is 66.4 Å². The summed E-state index contributed by atoms with van der Waals surface area (Å²) in [5, 5.41) is 9.54. The maximum absolute atomic E-state index is 12.5. The molecule has 0 radical (unpaired) electrons. The summed E-state index contributed by atoms with van der Waals surface area (Å²) in [7, 11) is -3.47. The largest absolute Gasteiger partial charge is 0.388 e. The highest BCUT2D eigenvalue weighted by molar-refractivity contribution is 7.89.